The van der Waals surface area contributed by atoms with Crippen LogP contribution >= 0.6 is 11.3 Å². The first-order valence-electron chi connectivity index (χ1n) is 7.69. The first-order valence-corrected chi connectivity index (χ1v) is 8.50. The number of benzene rings is 2. The molecule has 0 aliphatic heterocycles. The van der Waals surface area contributed by atoms with Gasteiger partial charge in [-0.3, -0.25) is 4.79 Å². The molecule has 122 valence electrons. The van der Waals surface area contributed by atoms with Crippen LogP contribution in [0.25, 0.3) is 16.3 Å². The summed E-state index contributed by atoms with van der Waals surface area (Å²) in [6.45, 7) is 0.575. The SMILES string of the molecule is COc1ccc(/C=C/C(=O)NCCc2nc3ccccc3s2)cc1. The molecule has 0 bridgehead atoms. The van der Waals surface area contributed by atoms with Crippen LogP contribution in [0, 0.1) is 0 Å². The van der Waals surface area contributed by atoms with Crippen LogP contribution in [-0.4, -0.2) is 24.5 Å². The second-order valence-corrected chi connectivity index (χ2v) is 6.34. The average Bonchev–Trinajstić information content (AvgIpc) is 3.03. The first kappa shape index (κ1) is 16.2. The third-order valence-corrected chi connectivity index (χ3v) is 4.62. The maximum atomic E-state index is 11.9. The van der Waals surface area contributed by atoms with Crippen LogP contribution in [0.5, 0.6) is 5.75 Å². The Labute approximate surface area is 144 Å². The van der Waals surface area contributed by atoms with Gasteiger partial charge in [-0.2, -0.15) is 0 Å². The summed E-state index contributed by atoms with van der Waals surface area (Å²) in [6.07, 6.45) is 4.06. The van der Waals surface area contributed by atoms with Gasteiger partial charge in [0.15, 0.2) is 0 Å². The lowest BCUT2D eigenvalue weighted by atomic mass is 10.2. The summed E-state index contributed by atoms with van der Waals surface area (Å²) in [7, 11) is 1.63. The zero-order chi connectivity index (χ0) is 16.8. The van der Waals surface area contributed by atoms with Crippen molar-refractivity contribution in [2.75, 3.05) is 13.7 Å². The van der Waals surface area contributed by atoms with Crippen molar-refractivity contribution < 1.29 is 9.53 Å². The maximum Gasteiger partial charge on any atom is 0.244 e. The number of nitrogens with one attached hydrogen (secondary N) is 1. The molecule has 1 N–H and O–H groups in total. The Hall–Kier alpha value is -2.66. The van der Waals surface area contributed by atoms with Crippen LogP contribution < -0.4 is 10.1 Å². The lowest BCUT2D eigenvalue weighted by Crippen LogP contribution is -2.23. The topological polar surface area (TPSA) is 51.2 Å². The van der Waals surface area contributed by atoms with Crippen molar-refractivity contribution in [3.8, 4) is 5.75 Å². The number of para-hydroxylation sites is 1. The number of hydrogen-bond acceptors (Lipinski definition) is 4. The van der Waals surface area contributed by atoms with Gasteiger partial charge in [0.1, 0.15) is 5.75 Å². The van der Waals surface area contributed by atoms with E-state index in [1.807, 2.05) is 42.5 Å². The molecule has 0 aliphatic carbocycles. The van der Waals surface area contributed by atoms with E-state index in [0.29, 0.717) is 6.54 Å². The lowest BCUT2D eigenvalue weighted by Gasteiger charge is -2.00. The van der Waals surface area contributed by atoms with Crippen LogP contribution in [0.3, 0.4) is 0 Å². The minimum atomic E-state index is -0.105. The van der Waals surface area contributed by atoms with Crippen LogP contribution in [0.1, 0.15) is 10.6 Å². The molecule has 5 heteroatoms. The van der Waals surface area contributed by atoms with Crippen molar-refractivity contribution >= 4 is 33.5 Å². The van der Waals surface area contributed by atoms with Gasteiger partial charge >= 0.3 is 0 Å². The number of ether oxygens (including phenoxy) is 1. The quantitative estimate of drug-likeness (QED) is 0.698. The molecular formula is C19H18N2O2S. The highest BCUT2D eigenvalue weighted by atomic mass is 32.1. The van der Waals surface area contributed by atoms with Crippen molar-refractivity contribution in [1.29, 1.82) is 0 Å². The Morgan fingerprint density at radius 3 is 2.75 bits per heavy atom. The molecule has 0 radical (unpaired) electrons. The fraction of sp³-hybridized carbons (Fsp3) is 0.158. The molecule has 0 spiro atoms. The summed E-state index contributed by atoms with van der Waals surface area (Å²) in [5.74, 6) is 0.694. The molecule has 3 aromatic rings. The van der Waals surface area contributed by atoms with Gasteiger partial charge in [0.05, 0.1) is 22.3 Å². The van der Waals surface area contributed by atoms with Crippen LogP contribution in [0.2, 0.25) is 0 Å². The van der Waals surface area contributed by atoms with Gasteiger partial charge in [-0.25, -0.2) is 4.98 Å². The number of aromatic nitrogens is 1. The predicted octanol–water partition coefficient (Wildman–Crippen LogP) is 3.68. The van der Waals surface area contributed by atoms with E-state index in [1.165, 1.54) is 4.70 Å². The van der Waals surface area contributed by atoms with E-state index >= 15 is 0 Å². The predicted molar refractivity (Wildman–Crippen MR) is 98.4 cm³/mol. The zero-order valence-corrected chi connectivity index (χ0v) is 14.2. The van der Waals surface area contributed by atoms with E-state index < -0.39 is 0 Å². The number of fused-ring (bicyclic) bond motifs is 1. The standard InChI is InChI=1S/C19H18N2O2S/c1-23-15-9-6-14(7-10-15)8-11-18(22)20-13-12-19-21-16-4-2-3-5-17(16)24-19/h2-11H,12-13H2,1H3,(H,20,22)/b11-8+. The first-order chi connectivity index (χ1) is 11.7. The minimum Gasteiger partial charge on any atom is -0.497 e. The molecule has 0 saturated heterocycles. The highest BCUT2D eigenvalue weighted by Gasteiger charge is 2.03. The van der Waals surface area contributed by atoms with Crippen molar-refractivity contribution in [3.63, 3.8) is 0 Å². The Morgan fingerprint density at radius 1 is 1.21 bits per heavy atom. The Bertz CT molecular complexity index is 820. The van der Waals surface area contributed by atoms with Crippen molar-refractivity contribution in [2.45, 2.75) is 6.42 Å². The van der Waals surface area contributed by atoms with Gasteiger partial charge in [-0.1, -0.05) is 24.3 Å². The number of hydrogen-bond donors (Lipinski definition) is 1. The van der Waals surface area contributed by atoms with Crippen molar-refractivity contribution in [2.24, 2.45) is 0 Å². The van der Waals surface area contributed by atoms with E-state index in [9.17, 15) is 4.79 Å². The fourth-order valence-electron chi connectivity index (χ4n) is 2.27. The largest absolute Gasteiger partial charge is 0.497 e. The highest BCUT2D eigenvalue weighted by molar-refractivity contribution is 7.18. The smallest absolute Gasteiger partial charge is 0.244 e. The molecule has 24 heavy (non-hydrogen) atoms. The molecular weight excluding hydrogens is 320 g/mol. The Morgan fingerprint density at radius 2 is 2.00 bits per heavy atom. The molecule has 1 heterocycles. The second kappa shape index (κ2) is 7.75. The van der Waals surface area contributed by atoms with Crippen LogP contribution in [-0.2, 0) is 11.2 Å². The number of methoxy groups -OCH3 is 1. The molecule has 0 fully saturated rings. The lowest BCUT2D eigenvalue weighted by molar-refractivity contribution is -0.116. The summed E-state index contributed by atoms with van der Waals surface area (Å²) in [5.41, 5.74) is 1.97. The monoisotopic (exact) mass is 338 g/mol. The molecule has 0 unspecified atom stereocenters. The molecule has 1 amide bonds. The highest BCUT2D eigenvalue weighted by Crippen LogP contribution is 2.21. The van der Waals surface area contributed by atoms with E-state index in [2.05, 4.69) is 16.4 Å². The fourth-order valence-corrected chi connectivity index (χ4v) is 3.23. The van der Waals surface area contributed by atoms with E-state index in [0.717, 1.165) is 28.3 Å². The summed E-state index contributed by atoms with van der Waals surface area (Å²) < 4.78 is 6.28. The summed E-state index contributed by atoms with van der Waals surface area (Å²) in [5, 5.41) is 3.92. The van der Waals surface area contributed by atoms with E-state index in [-0.39, 0.29) is 5.91 Å². The molecule has 0 atom stereocenters. The molecule has 0 saturated carbocycles. The van der Waals surface area contributed by atoms with Gasteiger partial charge in [0, 0.05) is 19.0 Å². The number of carbonyl (C=O) groups excluding carboxylic acids is 1. The van der Waals surface area contributed by atoms with Gasteiger partial charge in [-0.15, -0.1) is 11.3 Å². The molecule has 3 rings (SSSR count). The number of carbonyl (C=O) groups is 1. The molecule has 0 aliphatic rings. The second-order valence-electron chi connectivity index (χ2n) is 5.22. The maximum absolute atomic E-state index is 11.9. The normalized spacial score (nSPS) is 11.0. The number of rotatable bonds is 6. The Kier molecular flexibility index (Phi) is 5.23. The number of thiazole rings is 1. The van der Waals surface area contributed by atoms with Crippen LogP contribution in [0.15, 0.2) is 54.6 Å². The minimum absolute atomic E-state index is 0.105. The summed E-state index contributed by atoms with van der Waals surface area (Å²) in [6, 6.07) is 15.6. The third kappa shape index (κ3) is 4.20. The molecule has 2 aromatic carbocycles. The summed E-state index contributed by atoms with van der Waals surface area (Å²) >= 11 is 1.67. The number of nitrogens with zero attached hydrogens (tertiary/aromatic N) is 1. The van der Waals surface area contributed by atoms with E-state index in [4.69, 9.17) is 4.74 Å². The van der Waals surface area contributed by atoms with Gasteiger partial charge in [-0.05, 0) is 35.9 Å². The Balaban J connectivity index is 1.48. The van der Waals surface area contributed by atoms with E-state index in [1.54, 1.807) is 30.6 Å². The van der Waals surface area contributed by atoms with Crippen molar-refractivity contribution in [1.82, 2.24) is 10.3 Å². The van der Waals surface area contributed by atoms with Gasteiger partial charge in [0.2, 0.25) is 5.91 Å². The van der Waals surface area contributed by atoms with Gasteiger partial charge in [0.25, 0.3) is 0 Å². The van der Waals surface area contributed by atoms with Crippen molar-refractivity contribution in [3.05, 3.63) is 65.2 Å². The average molecular weight is 338 g/mol. The number of amides is 1. The van der Waals surface area contributed by atoms with Gasteiger partial charge < -0.3 is 10.1 Å². The third-order valence-electron chi connectivity index (χ3n) is 3.52. The van der Waals surface area contributed by atoms with Crippen LogP contribution in [0.4, 0.5) is 0 Å². The zero-order valence-electron chi connectivity index (χ0n) is 13.4. The molecule has 4 nitrogen and oxygen atoms in total. The molecule has 1 aromatic heterocycles. The summed E-state index contributed by atoms with van der Waals surface area (Å²) in [4.78, 5) is 16.4.